The average Bonchev–Trinajstić information content (AvgIpc) is 2.49. The molecule has 0 bridgehead atoms. The van der Waals surface area contributed by atoms with Crippen LogP contribution in [0.1, 0.15) is 11.1 Å². The van der Waals surface area contributed by atoms with Gasteiger partial charge in [0, 0.05) is 38.4 Å². The second-order valence-electron chi connectivity index (χ2n) is 4.68. The first-order chi connectivity index (χ1) is 9.83. The molecule has 2 aromatic rings. The van der Waals surface area contributed by atoms with Crippen LogP contribution in [0.3, 0.4) is 0 Å². The van der Waals surface area contributed by atoms with Crippen molar-refractivity contribution in [1.82, 2.24) is 9.88 Å². The molecule has 0 saturated carbocycles. The summed E-state index contributed by atoms with van der Waals surface area (Å²) >= 11 is 0. The maximum atomic E-state index is 9.25. The Hall–Kier alpha value is -1.91. The highest BCUT2D eigenvalue weighted by Gasteiger charge is 2.09. The molecule has 1 aromatic heterocycles. The lowest BCUT2D eigenvalue weighted by atomic mass is 10.2. The van der Waals surface area contributed by atoms with E-state index in [0.29, 0.717) is 6.54 Å². The Morgan fingerprint density at radius 3 is 2.60 bits per heavy atom. The molecule has 0 fully saturated rings. The van der Waals surface area contributed by atoms with Gasteiger partial charge in [0.2, 0.25) is 0 Å². The number of nitrogens with zero attached hydrogens (tertiary/aromatic N) is 2. The molecule has 0 aliphatic heterocycles. The van der Waals surface area contributed by atoms with E-state index in [2.05, 4.69) is 33.4 Å². The van der Waals surface area contributed by atoms with Crippen molar-refractivity contribution in [2.45, 2.75) is 13.1 Å². The summed E-state index contributed by atoms with van der Waals surface area (Å²) in [5.74, 6) is 0.892. The van der Waals surface area contributed by atoms with Crippen molar-refractivity contribution in [2.75, 3.05) is 25.5 Å². The minimum Gasteiger partial charge on any atom is -0.395 e. The fourth-order valence-corrected chi connectivity index (χ4v) is 2.23. The molecule has 1 heterocycles. The Bertz CT molecular complexity index is 516. The van der Waals surface area contributed by atoms with E-state index in [1.165, 1.54) is 5.56 Å². The number of pyridine rings is 1. The largest absolute Gasteiger partial charge is 0.395 e. The maximum Gasteiger partial charge on any atom is 0.130 e. The molecular weight excluding hydrogens is 250 g/mol. The van der Waals surface area contributed by atoms with Gasteiger partial charge in [-0.15, -0.1) is 0 Å². The number of hydrogen-bond acceptors (Lipinski definition) is 4. The molecule has 0 saturated heterocycles. The quantitative estimate of drug-likeness (QED) is 0.810. The van der Waals surface area contributed by atoms with E-state index in [1.807, 2.05) is 31.3 Å². The lowest BCUT2D eigenvalue weighted by Crippen LogP contribution is -2.26. The molecule has 2 N–H and O–H groups in total. The zero-order chi connectivity index (χ0) is 14.2. The molecule has 0 amide bonds. The average molecular weight is 271 g/mol. The van der Waals surface area contributed by atoms with Crippen LogP contribution in [-0.2, 0) is 13.1 Å². The molecule has 106 valence electrons. The predicted octanol–water partition coefficient (Wildman–Crippen LogP) is 2.12. The fourth-order valence-electron chi connectivity index (χ4n) is 2.23. The van der Waals surface area contributed by atoms with E-state index in [1.54, 1.807) is 6.20 Å². The number of aromatic nitrogens is 1. The number of anilines is 1. The molecule has 0 spiro atoms. The molecule has 0 aliphatic carbocycles. The number of benzene rings is 1. The Balaban J connectivity index is 2.09. The Labute approximate surface area is 120 Å². The van der Waals surface area contributed by atoms with E-state index < -0.39 is 0 Å². The molecule has 2 rings (SSSR count). The normalized spacial score (nSPS) is 10.8. The topological polar surface area (TPSA) is 48.4 Å². The number of hydrogen-bond donors (Lipinski definition) is 2. The van der Waals surface area contributed by atoms with Crippen molar-refractivity contribution in [3.63, 3.8) is 0 Å². The summed E-state index contributed by atoms with van der Waals surface area (Å²) in [6.07, 6.45) is 1.78. The first kappa shape index (κ1) is 14.5. The molecule has 20 heavy (non-hydrogen) atoms. The van der Waals surface area contributed by atoms with Crippen molar-refractivity contribution in [3.8, 4) is 0 Å². The van der Waals surface area contributed by atoms with Crippen molar-refractivity contribution < 1.29 is 5.11 Å². The molecule has 0 unspecified atom stereocenters. The third-order valence-electron chi connectivity index (χ3n) is 3.19. The van der Waals surface area contributed by atoms with Crippen LogP contribution >= 0.6 is 0 Å². The molecule has 0 radical (unpaired) electrons. The van der Waals surface area contributed by atoms with Gasteiger partial charge in [-0.3, -0.25) is 4.90 Å². The van der Waals surface area contributed by atoms with Crippen molar-refractivity contribution in [3.05, 3.63) is 59.8 Å². The minimum absolute atomic E-state index is 0.155. The zero-order valence-corrected chi connectivity index (χ0v) is 11.8. The molecule has 1 aromatic carbocycles. The summed E-state index contributed by atoms with van der Waals surface area (Å²) in [6.45, 7) is 2.38. The standard InChI is InChI=1S/C16H21N3O/c1-17-16-15(8-5-9-18-16)13-19(10-11-20)12-14-6-3-2-4-7-14/h2-9,20H,10-13H2,1H3,(H,17,18). The fraction of sp³-hybridized carbons (Fsp3) is 0.312. The highest BCUT2D eigenvalue weighted by molar-refractivity contribution is 5.42. The van der Waals surface area contributed by atoms with Crippen LogP contribution in [-0.4, -0.2) is 35.2 Å². The lowest BCUT2D eigenvalue weighted by molar-refractivity contribution is 0.184. The van der Waals surface area contributed by atoms with Gasteiger partial charge in [-0.1, -0.05) is 36.4 Å². The van der Waals surface area contributed by atoms with Gasteiger partial charge in [0.05, 0.1) is 6.61 Å². The number of aliphatic hydroxyl groups is 1. The molecule has 4 nitrogen and oxygen atoms in total. The van der Waals surface area contributed by atoms with Gasteiger partial charge in [-0.2, -0.15) is 0 Å². The van der Waals surface area contributed by atoms with Crippen LogP contribution in [0, 0.1) is 0 Å². The van der Waals surface area contributed by atoms with Gasteiger partial charge in [0.25, 0.3) is 0 Å². The Morgan fingerprint density at radius 1 is 1.10 bits per heavy atom. The summed E-state index contributed by atoms with van der Waals surface area (Å²) in [5.41, 5.74) is 2.38. The SMILES string of the molecule is CNc1ncccc1CN(CCO)Cc1ccccc1. The van der Waals surface area contributed by atoms with Crippen LogP contribution in [0.15, 0.2) is 48.7 Å². The maximum absolute atomic E-state index is 9.25. The van der Waals surface area contributed by atoms with E-state index in [0.717, 1.165) is 24.5 Å². The number of aliphatic hydroxyl groups excluding tert-OH is 1. The van der Waals surface area contributed by atoms with E-state index >= 15 is 0 Å². The summed E-state index contributed by atoms with van der Waals surface area (Å²) in [6, 6.07) is 14.3. The summed E-state index contributed by atoms with van der Waals surface area (Å²) in [4.78, 5) is 6.53. The zero-order valence-electron chi connectivity index (χ0n) is 11.8. The second kappa shape index (κ2) is 7.62. The monoisotopic (exact) mass is 271 g/mol. The van der Waals surface area contributed by atoms with Gasteiger partial charge in [0.15, 0.2) is 0 Å². The predicted molar refractivity (Wildman–Crippen MR) is 81.4 cm³/mol. The molecular formula is C16H21N3O. The highest BCUT2D eigenvalue weighted by atomic mass is 16.3. The number of rotatable bonds is 7. The van der Waals surface area contributed by atoms with Crippen LogP contribution in [0.25, 0.3) is 0 Å². The number of nitrogens with one attached hydrogen (secondary N) is 1. The van der Waals surface area contributed by atoms with Gasteiger partial charge in [-0.05, 0) is 11.6 Å². The van der Waals surface area contributed by atoms with Gasteiger partial charge >= 0.3 is 0 Å². The van der Waals surface area contributed by atoms with Gasteiger partial charge in [0.1, 0.15) is 5.82 Å². The lowest BCUT2D eigenvalue weighted by Gasteiger charge is -2.22. The highest BCUT2D eigenvalue weighted by Crippen LogP contribution is 2.15. The third kappa shape index (κ3) is 4.05. The Morgan fingerprint density at radius 2 is 1.90 bits per heavy atom. The van der Waals surface area contributed by atoms with Crippen LogP contribution < -0.4 is 5.32 Å². The Kier molecular flexibility index (Phi) is 5.53. The van der Waals surface area contributed by atoms with Gasteiger partial charge in [-0.25, -0.2) is 4.98 Å². The van der Waals surface area contributed by atoms with Crippen LogP contribution in [0.5, 0.6) is 0 Å². The van der Waals surface area contributed by atoms with Crippen molar-refractivity contribution in [2.24, 2.45) is 0 Å². The van der Waals surface area contributed by atoms with Crippen molar-refractivity contribution >= 4 is 5.82 Å². The molecule has 4 heteroatoms. The van der Waals surface area contributed by atoms with Crippen LogP contribution in [0.4, 0.5) is 5.82 Å². The summed E-state index contributed by atoms with van der Waals surface area (Å²) in [5, 5.41) is 12.4. The second-order valence-corrected chi connectivity index (χ2v) is 4.68. The van der Waals surface area contributed by atoms with Crippen molar-refractivity contribution in [1.29, 1.82) is 0 Å². The summed E-state index contributed by atoms with van der Waals surface area (Å²) in [7, 11) is 1.87. The minimum atomic E-state index is 0.155. The molecule has 0 aliphatic rings. The van der Waals surface area contributed by atoms with E-state index in [4.69, 9.17) is 0 Å². The molecule has 0 atom stereocenters. The van der Waals surface area contributed by atoms with Crippen LogP contribution in [0.2, 0.25) is 0 Å². The van der Waals surface area contributed by atoms with E-state index in [9.17, 15) is 5.11 Å². The van der Waals surface area contributed by atoms with Gasteiger partial charge < -0.3 is 10.4 Å². The summed E-state index contributed by atoms with van der Waals surface area (Å²) < 4.78 is 0. The third-order valence-corrected chi connectivity index (χ3v) is 3.19. The smallest absolute Gasteiger partial charge is 0.130 e. The first-order valence-corrected chi connectivity index (χ1v) is 6.82. The first-order valence-electron chi connectivity index (χ1n) is 6.82. The van der Waals surface area contributed by atoms with E-state index in [-0.39, 0.29) is 6.61 Å².